The first-order valence-electron chi connectivity index (χ1n) is 10.0. The van der Waals surface area contributed by atoms with Crippen molar-refractivity contribution in [2.75, 3.05) is 11.9 Å². The number of primary amides is 1. The lowest BCUT2D eigenvalue weighted by molar-refractivity contribution is -0.117. The van der Waals surface area contributed by atoms with E-state index in [0.29, 0.717) is 21.2 Å². The normalized spacial score (nSPS) is 14.4. The number of aryl methyl sites for hydroxylation is 1. The number of amides is 3. The zero-order valence-corrected chi connectivity index (χ0v) is 18.7. The van der Waals surface area contributed by atoms with Crippen molar-refractivity contribution in [1.82, 2.24) is 4.90 Å². The molecule has 0 saturated heterocycles. The van der Waals surface area contributed by atoms with Crippen molar-refractivity contribution < 1.29 is 14.4 Å². The maximum absolute atomic E-state index is 13.3. The monoisotopic (exact) mass is 447 g/mol. The van der Waals surface area contributed by atoms with Crippen molar-refractivity contribution in [2.45, 2.75) is 52.0 Å². The van der Waals surface area contributed by atoms with Crippen LogP contribution < -0.4 is 11.1 Å². The smallest absolute Gasteiger partial charge is 0.256 e. The average Bonchev–Trinajstić information content (AvgIpc) is 3.00. The molecule has 0 bridgehead atoms. The Bertz CT molecular complexity index is 967. The number of carbonyl (C=O) groups is 3. The van der Waals surface area contributed by atoms with Gasteiger partial charge in [-0.15, -0.1) is 11.3 Å². The van der Waals surface area contributed by atoms with E-state index in [4.69, 9.17) is 17.3 Å². The van der Waals surface area contributed by atoms with Crippen molar-refractivity contribution in [2.24, 2.45) is 5.73 Å². The highest BCUT2D eigenvalue weighted by Crippen LogP contribution is 2.32. The maximum Gasteiger partial charge on any atom is 0.256 e. The highest BCUT2D eigenvalue weighted by atomic mass is 35.5. The molecule has 0 aliphatic heterocycles. The lowest BCUT2D eigenvalue weighted by Gasteiger charge is -2.34. The Hall–Kier alpha value is -2.38. The van der Waals surface area contributed by atoms with Gasteiger partial charge in [0.1, 0.15) is 11.5 Å². The summed E-state index contributed by atoms with van der Waals surface area (Å²) in [5.74, 6) is -1.19. The fraction of sp³-hybridized carbons (Fsp3) is 0.409. The fourth-order valence-electron chi connectivity index (χ4n) is 3.88. The number of rotatable bonds is 6. The molecule has 0 atom stereocenters. The van der Waals surface area contributed by atoms with Crippen LogP contribution in [0.4, 0.5) is 5.00 Å². The second-order valence-corrected chi connectivity index (χ2v) is 9.24. The highest BCUT2D eigenvalue weighted by Gasteiger charge is 2.30. The predicted octanol–water partition coefficient (Wildman–Crippen LogP) is 4.53. The van der Waals surface area contributed by atoms with Gasteiger partial charge in [0.25, 0.3) is 11.8 Å². The topological polar surface area (TPSA) is 92.5 Å². The molecule has 30 heavy (non-hydrogen) atoms. The Kier molecular flexibility index (Phi) is 7.15. The molecular formula is C22H26ClN3O3S. The summed E-state index contributed by atoms with van der Waals surface area (Å²) in [6.07, 6.45) is 4.88. The Morgan fingerprint density at radius 2 is 1.83 bits per heavy atom. The lowest BCUT2D eigenvalue weighted by atomic mass is 9.93. The largest absolute Gasteiger partial charge is 0.365 e. The van der Waals surface area contributed by atoms with Crippen LogP contribution in [-0.4, -0.2) is 35.2 Å². The molecule has 0 radical (unpaired) electrons. The minimum absolute atomic E-state index is 0.0179. The lowest BCUT2D eigenvalue weighted by Crippen LogP contribution is -2.45. The number of halogens is 1. The zero-order valence-electron chi connectivity index (χ0n) is 17.2. The molecule has 1 aliphatic carbocycles. The number of nitrogens with two attached hydrogens (primary N) is 1. The summed E-state index contributed by atoms with van der Waals surface area (Å²) in [5.41, 5.74) is 6.98. The third-order valence-corrected chi connectivity index (χ3v) is 7.03. The van der Waals surface area contributed by atoms with Gasteiger partial charge in [-0.3, -0.25) is 14.4 Å². The number of thiophene rings is 1. The van der Waals surface area contributed by atoms with Crippen LogP contribution in [-0.2, 0) is 4.79 Å². The molecule has 3 N–H and O–H groups in total. The van der Waals surface area contributed by atoms with Crippen LogP contribution in [0.2, 0.25) is 5.02 Å². The van der Waals surface area contributed by atoms with Gasteiger partial charge in [-0.05, 0) is 44.4 Å². The van der Waals surface area contributed by atoms with E-state index < -0.39 is 5.91 Å². The fourth-order valence-corrected chi connectivity index (χ4v) is 5.18. The Morgan fingerprint density at radius 1 is 1.17 bits per heavy atom. The third kappa shape index (κ3) is 4.84. The third-order valence-electron chi connectivity index (χ3n) is 5.58. The van der Waals surface area contributed by atoms with Gasteiger partial charge in [-0.2, -0.15) is 0 Å². The van der Waals surface area contributed by atoms with E-state index in [1.165, 1.54) is 11.3 Å². The minimum Gasteiger partial charge on any atom is -0.365 e. The van der Waals surface area contributed by atoms with E-state index in [0.717, 1.165) is 42.5 Å². The summed E-state index contributed by atoms with van der Waals surface area (Å²) >= 11 is 7.56. The second kappa shape index (κ2) is 9.62. The zero-order chi connectivity index (χ0) is 21.8. The number of anilines is 1. The molecule has 160 valence electrons. The van der Waals surface area contributed by atoms with Gasteiger partial charge in [0.05, 0.1) is 16.1 Å². The molecule has 0 spiro atoms. The van der Waals surface area contributed by atoms with Crippen LogP contribution in [0, 0.1) is 13.8 Å². The molecule has 1 saturated carbocycles. The van der Waals surface area contributed by atoms with Crippen LogP contribution in [0.25, 0.3) is 0 Å². The molecule has 6 nitrogen and oxygen atoms in total. The van der Waals surface area contributed by atoms with Gasteiger partial charge in [-0.1, -0.05) is 43.0 Å². The number of nitrogens with one attached hydrogen (secondary N) is 1. The second-order valence-electron chi connectivity index (χ2n) is 7.60. The number of hydrogen-bond acceptors (Lipinski definition) is 4. The summed E-state index contributed by atoms with van der Waals surface area (Å²) in [6.45, 7) is 3.57. The Balaban J connectivity index is 1.84. The van der Waals surface area contributed by atoms with Gasteiger partial charge in [0.2, 0.25) is 5.91 Å². The molecule has 0 unspecified atom stereocenters. The van der Waals surface area contributed by atoms with Crippen molar-refractivity contribution in [3.8, 4) is 0 Å². The standard InChI is InChI=1S/C22H26ClN3O3S/c1-13-14(2)30-21(19(13)20(24)28)25-18(27)12-26(15-8-4-3-5-9-15)22(29)16-10-6-7-11-17(16)23/h6-7,10-11,15H,3-5,8-9,12H2,1-2H3,(H2,24,28)(H,25,27). The molecule has 1 aliphatic rings. The van der Waals surface area contributed by atoms with Gasteiger partial charge in [0.15, 0.2) is 0 Å². The van der Waals surface area contributed by atoms with E-state index in [-0.39, 0.29) is 24.4 Å². The molecule has 1 fully saturated rings. The van der Waals surface area contributed by atoms with Gasteiger partial charge in [-0.25, -0.2) is 0 Å². The molecule has 2 aromatic rings. The summed E-state index contributed by atoms with van der Waals surface area (Å²) in [6, 6.07) is 6.86. The number of hydrogen-bond donors (Lipinski definition) is 2. The first-order valence-corrected chi connectivity index (χ1v) is 11.2. The Labute approximate surface area is 185 Å². The molecular weight excluding hydrogens is 422 g/mol. The number of benzene rings is 1. The first-order chi connectivity index (χ1) is 14.3. The summed E-state index contributed by atoms with van der Waals surface area (Å²) in [4.78, 5) is 40.5. The number of nitrogens with zero attached hydrogens (tertiary/aromatic N) is 1. The SMILES string of the molecule is Cc1sc(NC(=O)CN(C(=O)c2ccccc2Cl)C2CCCCC2)c(C(N)=O)c1C. The summed E-state index contributed by atoms with van der Waals surface area (Å²) < 4.78 is 0. The Morgan fingerprint density at radius 3 is 2.47 bits per heavy atom. The van der Waals surface area contributed by atoms with Gasteiger partial charge >= 0.3 is 0 Å². The van der Waals surface area contributed by atoms with Gasteiger partial charge in [0, 0.05) is 10.9 Å². The van der Waals surface area contributed by atoms with E-state index in [1.807, 2.05) is 6.92 Å². The minimum atomic E-state index is -0.580. The summed E-state index contributed by atoms with van der Waals surface area (Å²) in [7, 11) is 0. The van der Waals surface area contributed by atoms with Crippen LogP contribution in [0.15, 0.2) is 24.3 Å². The molecule has 3 amide bonds. The summed E-state index contributed by atoms with van der Waals surface area (Å²) in [5, 5.41) is 3.59. The number of carbonyl (C=O) groups excluding carboxylic acids is 3. The van der Waals surface area contributed by atoms with Crippen molar-refractivity contribution in [3.05, 3.63) is 50.9 Å². The quantitative estimate of drug-likeness (QED) is 0.681. The maximum atomic E-state index is 13.3. The van der Waals surface area contributed by atoms with E-state index in [1.54, 1.807) is 36.1 Å². The van der Waals surface area contributed by atoms with Crippen LogP contribution in [0.3, 0.4) is 0 Å². The predicted molar refractivity (Wildman–Crippen MR) is 120 cm³/mol. The van der Waals surface area contributed by atoms with Crippen molar-refractivity contribution >= 4 is 45.7 Å². The molecule has 3 rings (SSSR count). The van der Waals surface area contributed by atoms with Gasteiger partial charge < -0.3 is 16.0 Å². The molecule has 1 heterocycles. The van der Waals surface area contributed by atoms with Crippen LogP contribution in [0.1, 0.15) is 63.3 Å². The van der Waals surface area contributed by atoms with Crippen molar-refractivity contribution in [1.29, 1.82) is 0 Å². The van der Waals surface area contributed by atoms with E-state index in [2.05, 4.69) is 5.32 Å². The van der Waals surface area contributed by atoms with Crippen LogP contribution >= 0.6 is 22.9 Å². The van der Waals surface area contributed by atoms with Crippen LogP contribution in [0.5, 0.6) is 0 Å². The molecule has 1 aromatic heterocycles. The van der Waals surface area contributed by atoms with E-state index in [9.17, 15) is 14.4 Å². The highest BCUT2D eigenvalue weighted by molar-refractivity contribution is 7.16. The average molecular weight is 448 g/mol. The van der Waals surface area contributed by atoms with E-state index >= 15 is 0 Å². The van der Waals surface area contributed by atoms with Crippen molar-refractivity contribution in [3.63, 3.8) is 0 Å². The molecule has 1 aromatic carbocycles. The first kappa shape index (κ1) is 22.3. The molecule has 8 heteroatoms.